The van der Waals surface area contributed by atoms with Crippen LogP contribution in [0.5, 0.6) is 11.5 Å². The second-order valence-electron chi connectivity index (χ2n) is 6.47. The standard InChI is InChI=1S/C23H20FN3O2/c1-28-20-12-18-19(13-21(20)29-2)26-23(25-14-15-7-6-10-17(24)11-15)27-22(18)16-8-4-3-5-9-16/h3-13H,14H2,1-2H3,(H,25,26,27). The molecule has 0 fully saturated rings. The van der Waals surface area contributed by atoms with Gasteiger partial charge >= 0.3 is 0 Å². The maximum Gasteiger partial charge on any atom is 0.224 e. The molecule has 4 rings (SSSR count). The fourth-order valence-electron chi connectivity index (χ4n) is 3.18. The van der Waals surface area contributed by atoms with Gasteiger partial charge < -0.3 is 14.8 Å². The van der Waals surface area contributed by atoms with Gasteiger partial charge in [0.15, 0.2) is 11.5 Å². The van der Waals surface area contributed by atoms with Crippen LogP contribution >= 0.6 is 0 Å². The topological polar surface area (TPSA) is 56.3 Å². The molecule has 0 aliphatic carbocycles. The normalized spacial score (nSPS) is 10.7. The second-order valence-corrected chi connectivity index (χ2v) is 6.47. The molecule has 1 N–H and O–H groups in total. The van der Waals surface area contributed by atoms with Crippen molar-refractivity contribution in [2.24, 2.45) is 0 Å². The summed E-state index contributed by atoms with van der Waals surface area (Å²) in [4.78, 5) is 9.36. The number of fused-ring (bicyclic) bond motifs is 1. The van der Waals surface area contributed by atoms with E-state index in [2.05, 4.69) is 10.3 Å². The minimum atomic E-state index is -0.273. The second kappa shape index (κ2) is 8.14. The number of nitrogens with one attached hydrogen (secondary N) is 1. The lowest BCUT2D eigenvalue weighted by atomic mass is 10.1. The van der Waals surface area contributed by atoms with Gasteiger partial charge in [-0.1, -0.05) is 42.5 Å². The molecule has 0 radical (unpaired) electrons. The number of ether oxygens (including phenoxy) is 2. The average molecular weight is 389 g/mol. The van der Waals surface area contributed by atoms with Gasteiger partial charge in [0.25, 0.3) is 0 Å². The third kappa shape index (κ3) is 3.96. The van der Waals surface area contributed by atoms with Crippen molar-refractivity contribution in [3.05, 3.63) is 78.1 Å². The highest BCUT2D eigenvalue weighted by molar-refractivity contribution is 5.95. The lowest BCUT2D eigenvalue weighted by molar-refractivity contribution is 0.356. The molecule has 0 saturated carbocycles. The van der Waals surface area contributed by atoms with E-state index in [4.69, 9.17) is 14.5 Å². The molecule has 0 aliphatic rings. The van der Waals surface area contributed by atoms with E-state index < -0.39 is 0 Å². The number of nitrogens with zero attached hydrogens (tertiary/aromatic N) is 2. The third-order valence-corrected chi connectivity index (χ3v) is 4.59. The van der Waals surface area contributed by atoms with Gasteiger partial charge in [-0.2, -0.15) is 0 Å². The fraction of sp³-hybridized carbons (Fsp3) is 0.130. The van der Waals surface area contributed by atoms with E-state index in [-0.39, 0.29) is 5.82 Å². The summed E-state index contributed by atoms with van der Waals surface area (Å²) < 4.78 is 24.3. The Hall–Kier alpha value is -3.67. The van der Waals surface area contributed by atoms with Crippen molar-refractivity contribution in [2.45, 2.75) is 6.54 Å². The molecular formula is C23H20FN3O2. The Bertz CT molecular complexity index is 1150. The molecule has 0 saturated heterocycles. The number of methoxy groups -OCH3 is 2. The third-order valence-electron chi connectivity index (χ3n) is 4.59. The summed E-state index contributed by atoms with van der Waals surface area (Å²) in [6.07, 6.45) is 0. The van der Waals surface area contributed by atoms with Gasteiger partial charge in [-0.25, -0.2) is 14.4 Å². The highest BCUT2D eigenvalue weighted by atomic mass is 19.1. The first-order valence-corrected chi connectivity index (χ1v) is 9.15. The number of benzene rings is 3. The Labute approximate surface area is 168 Å². The van der Waals surface area contributed by atoms with Gasteiger partial charge in [-0.05, 0) is 23.8 Å². The van der Waals surface area contributed by atoms with E-state index in [1.807, 2.05) is 48.5 Å². The number of halogens is 1. The molecule has 0 atom stereocenters. The Morgan fingerprint density at radius 1 is 0.862 bits per heavy atom. The number of aromatic nitrogens is 2. The quantitative estimate of drug-likeness (QED) is 0.499. The molecule has 1 heterocycles. The fourth-order valence-corrected chi connectivity index (χ4v) is 3.18. The SMILES string of the molecule is COc1cc2nc(NCc3cccc(F)c3)nc(-c3ccccc3)c2cc1OC. The zero-order chi connectivity index (χ0) is 20.2. The molecule has 4 aromatic rings. The summed E-state index contributed by atoms with van der Waals surface area (Å²) in [7, 11) is 3.19. The smallest absolute Gasteiger partial charge is 0.224 e. The van der Waals surface area contributed by atoms with Crippen LogP contribution in [0.3, 0.4) is 0 Å². The van der Waals surface area contributed by atoms with E-state index in [0.717, 1.165) is 27.7 Å². The zero-order valence-electron chi connectivity index (χ0n) is 16.1. The van der Waals surface area contributed by atoms with Crippen LogP contribution in [0, 0.1) is 5.82 Å². The zero-order valence-corrected chi connectivity index (χ0v) is 16.1. The summed E-state index contributed by atoms with van der Waals surface area (Å²) in [5, 5.41) is 4.05. The first-order valence-electron chi connectivity index (χ1n) is 9.15. The molecule has 6 heteroatoms. The maximum absolute atomic E-state index is 13.5. The van der Waals surface area contributed by atoms with Crippen LogP contribution in [0.1, 0.15) is 5.56 Å². The molecule has 1 aromatic heterocycles. The van der Waals surface area contributed by atoms with E-state index in [9.17, 15) is 4.39 Å². The Kier molecular flexibility index (Phi) is 5.24. The van der Waals surface area contributed by atoms with Crippen molar-refractivity contribution in [3.8, 4) is 22.8 Å². The highest BCUT2D eigenvalue weighted by Crippen LogP contribution is 2.36. The van der Waals surface area contributed by atoms with Crippen LogP contribution in [0.4, 0.5) is 10.3 Å². The molecular weight excluding hydrogens is 369 g/mol. The van der Waals surface area contributed by atoms with Gasteiger partial charge in [0, 0.05) is 23.6 Å². The largest absolute Gasteiger partial charge is 0.493 e. The van der Waals surface area contributed by atoms with E-state index in [0.29, 0.717) is 24.0 Å². The predicted octanol–water partition coefficient (Wildman–Crippen LogP) is 5.07. The Morgan fingerprint density at radius 2 is 1.62 bits per heavy atom. The first kappa shape index (κ1) is 18.7. The van der Waals surface area contributed by atoms with Crippen molar-refractivity contribution in [3.63, 3.8) is 0 Å². The first-order chi connectivity index (χ1) is 14.2. The van der Waals surface area contributed by atoms with Crippen molar-refractivity contribution < 1.29 is 13.9 Å². The van der Waals surface area contributed by atoms with E-state index >= 15 is 0 Å². The van der Waals surface area contributed by atoms with Crippen LogP contribution in [0.15, 0.2) is 66.7 Å². The van der Waals surface area contributed by atoms with Crippen LogP contribution in [-0.2, 0) is 6.54 Å². The molecule has 146 valence electrons. The lowest BCUT2D eigenvalue weighted by Gasteiger charge is -2.13. The van der Waals surface area contributed by atoms with E-state index in [1.54, 1.807) is 20.3 Å². The predicted molar refractivity (Wildman–Crippen MR) is 112 cm³/mol. The van der Waals surface area contributed by atoms with Crippen LogP contribution < -0.4 is 14.8 Å². The van der Waals surface area contributed by atoms with Gasteiger partial charge in [0.05, 0.1) is 25.4 Å². The average Bonchev–Trinajstić information content (AvgIpc) is 2.76. The van der Waals surface area contributed by atoms with Gasteiger partial charge in [0.2, 0.25) is 5.95 Å². The van der Waals surface area contributed by atoms with Gasteiger partial charge in [-0.15, -0.1) is 0 Å². The van der Waals surface area contributed by atoms with Crippen molar-refractivity contribution in [2.75, 3.05) is 19.5 Å². The number of hydrogen-bond acceptors (Lipinski definition) is 5. The number of anilines is 1. The molecule has 0 bridgehead atoms. The van der Waals surface area contributed by atoms with Gasteiger partial charge in [-0.3, -0.25) is 0 Å². The summed E-state index contributed by atoms with van der Waals surface area (Å²) in [6, 6.07) is 20.0. The summed E-state index contributed by atoms with van der Waals surface area (Å²) in [6.45, 7) is 0.408. The summed E-state index contributed by atoms with van der Waals surface area (Å²) in [5.41, 5.74) is 3.26. The number of hydrogen-bond donors (Lipinski definition) is 1. The molecule has 29 heavy (non-hydrogen) atoms. The van der Waals surface area contributed by atoms with E-state index in [1.165, 1.54) is 12.1 Å². The monoisotopic (exact) mass is 389 g/mol. The minimum Gasteiger partial charge on any atom is -0.493 e. The van der Waals surface area contributed by atoms with Crippen molar-refractivity contribution >= 4 is 16.9 Å². The van der Waals surface area contributed by atoms with Crippen molar-refractivity contribution in [1.29, 1.82) is 0 Å². The Morgan fingerprint density at radius 3 is 2.34 bits per heavy atom. The molecule has 3 aromatic carbocycles. The maximum atomic E-state index is 13.5. The van der Waals surface area contributed by atoms with Crippen LogP contribution in [0.2, 0.25) is 0 Å². The van der Waals surface area contributed by atoms with Crippen LogP contribution in [0.25, 0.3) is 22.2 Å². The summed E-state index contributed by atoms with van der Waals surface area (Å²) in [5.74, 6) is 1.38. The lowest BCUT2D eigenvalue weighted by Crippen LogP contribution is -2.05. The van der Waals surface area contributed by atoms with Crippen molar-refractivity contribution in [1.82, 2.24) is 9.97 Å². The summed E-state index contributed by atoms with van der Waals surface area (Å²) >= 11 is 0. The molecule has 5 nitrogen and oxygen atoms in total. The number of rotatable bonds is 6. The molecule has 0 aliphatic heterocycles. The highest BCUT2D eigenvalue weighted by Gasteiger charge is 2.14. The molecule has 0 spiro atoms. The molecule has 0 unspecified atom stereocenters. The minimum absolute atomic E-state index is 0.273. The van der Waals surface area contributed by atoms with Gasteiger partial charge in [0.1, 0.15) is 5.82 Å². The Balaban J connectivity index is 1.81. The molecule has 0 amide bonds. The van der Waals surface area contributed by atoms with Crippen LogP contribution in [-0.4, -0.2) is 24.2 Å².